The van der Waals surface area contributed by atoms with Crippen LogP contribution in [0, 0.1) is 32.1 Å². The number of rotatable bonds is 2. The summed E-state index contributed by atoms with van der Waals surface area (Å²) in [6.45, 7) is 5.62. The van der Waals surface area contributed by atoms with E-state index in [-0.39, 0.29) is 5.91 Å². The average molecular weight is 336 g/mol. The summed E-state index contributed by atoms with van der Waals surface area (Å²) in [6.07, 6.45) is 0. The molecule has 0 aliphatic carbocycles. The van der Waals surface area contributed by atoms with Crippen molar-refractivity contribution < 1.29 is 4.79 Å². The smallest absolute Gasteiger partial charge is 0.259 e. The third kappa shape index (κ3) is 2.63. The number of benzene rings is 1. The molecule has 6 heteroatoms. The lowest BCUT2D eigenvalue weighted by atomic mass is 10.0. The number of hydrogen-bond acceptors (Lipinski definition) is 5. The van der Waals surface area contributed by atoms with Crippen LogP contribution in [0.5, 0.6) is 0 Å². The van der Waals surface area contributed by atoms with Gasteiger partial charge >= 0.3 is 0 Å². The summed E-state index contributed by atoms with van der Waals surface area (Å²) in [5.41, 5.74) is 4.31. The highest BCUT2D eigenvalue weighted by molar-refractivity contribution is 7.10. The molecule has 0 aliphatic rings. The molecule has 120 valence electrons. The first-order valence-corrected chi connectivity index (χ1v) is 8.22. The van der Waals surface area contributed by atoms with E-state index < -0.39 is 0 Å². The molecule has 0 unspecified atom stereocenters. The second kappa shape index (κ2) is 6.02. The first-order valence-electron chi connectivity index (χ1n) is 7.45. The van der Waals surface area contributed by atoms with Crippen LogP contribution in [0.3, 0.4) is 0 Å². The minimum absolute atomic E-state index is 0.170. The van der Waals surface area contributed by atoms with E-state index in [9.17, 15) is 10.1 Å². The molecule has 0 N–H and O–H groups in total. The molecule has 0 saturated carbocycles. The number of aromatic nitrogens is 2. The molecule has 24 heavy (non-hydrogen) atoms. The molecule has 3 aromatic rings. The summed E-state index contributed by atoms with van der Waals surface area (Å²) in [7, 11) is 1.67. The molecule has 0 spiro atoms. The highest BCUT2D eigenvalue weighted by atomic mass is 32.1. The molecule has 2 heterocycles. The van der Waals surface area contributed by atoms with Crippen LogP contribution in [0.25, 0.3) is 10.9 Å². The maximum Gasteiger partial charge on any atom is 0.259 e. The van der Waals surface area contributed by atoms with E-state index in [4.69, 9.17) is 0 Å². The van der Waals surface area contributed by atoms with Gasteiger partial charge < -0.3 is 4.90 Å². The Morgan fingerprint density at radius 3 is 2.71 bits per heavy atom. The Morgan fingerprint density at radius 1 is 1.25 bits per heavy atom. The fourth-order valence-electron chi connectivity index (χ4n) is 2.64. The van der Waals surface area contributed by atoms with Crippen molar-refractivity contribution >= 4 is 33.3 Å². The van der Waals surface area contributed by atoms with Crippen LogP contribution in [-0.2, 0) is 0 Å². The van der Waals surface area contributed by atoms with Crippen LogP contribution >= 0.6 is 11.5 Å². The first kappa shape index (κ1) is 16.1. The lowest BCUT2D eigenvalue weighted by Crippen LogP contribution is -2.26. The van der Waals surface area contributed by atoms with Crippen LogP contribution in [0.15, 0.2) is 24.3 Å². The number of hydrogen-bond donors (Lipinski definition) is 0. The van der Waals surface area contributed by atoms with Gasteiger partial charge in [0.1, 0.15) is 16.6 Å². The number of nitrogens with zero attached hydrogens (tertiary/aromatic N) is 4. The zero-order chi connectivity index (χ0) is 17.4. The van der Waals surface area contributed by atoms with Gasteiger partial charge in [-0.3, -0.25) is 9.78 Å². The van der Waals surface area contributed by atoms with Crippen LogP contribution < -0.4 is 4.90 Å². The molecule has 3 rings (SSSR count). The Morgan fingerprint density at radius 2 is 2.00 bits per heavy atom. The molecule has 0 aliphatic heterocycles. The van der Waals surface area contributed by atoms with E-state index >= 15 is 0 Å². The van der Waals surface area contributed by atoms with Crippen molar-refractivity contribution in [1.82, 2.24) is 9.36 Å². The SMILES string of the molecule is Cc1ccc2nc(C)cc(C(=O)N(C)c3snc(C)c3C#N)c2c1. The van der Waals surface area contributed by atoms with Gasteiger partial charge in [0.15, 0.2) is 0 Å². The molecule has 1 amide bonds. The molecule has 2 aromatic heterocycles. The average Bonchev–Trinajstić information content (AvgIpc) is 2.93. The standard InChI is InChI=1S/C18H16N4OS/c1-10-5-6-16-13(7-10)14(8-11(2)20-16)17(23)22(4)18-15(9-19)12(3)21-24-18/h5-8H,1-4H3. The molecular formula is C18H16N4OS. The summed E-state index contributed by atoms with van der Waals surface area (Å²) in [5.74, 6) is -0.170. The number of fused-ring (bicyclic) bond motifs is 1. The summed E-state index contributed by atoms with van der Waals surface area (Å²) >= 11 is 1.16. The van der Waals surface area contributed by atoms with Gasteiger partial charge in [-0.05, 0) is 50.5 Å². The zero-order valence-corrected chi connectivity index (χ0v) is 14.7. The van der Waals surface area contributed by atoms with Gasteiger partial charge in [0.25, 0.3) is 5.91 Å². The Labute approximate surface area is 144 Å². The number of pyridine rings is 1. The highest BCUT2D eigenvalue weighted by Crippen LogP contribution is 2.29. The third-order valence-corrected chi connectivity index (χ3v) is 4.90. The van der Waals surface area contributed by atoms with E-state index in [1.165, 1.54) is 4.90 Å². The number of carbonyl (C=O) groups is 1. The van der Waals surface area contributed by atoms with E-state index in [1.54, 1.807) is 20.0 Å². The van der Waals surface area contributed by atoms with E-state index in [1.807, 2.05) is 32.0 Å². The molecular weight excluding hydrogens is 320 g/mol. The maximum atomic E-state index is 13.1. The van der Waals surface area contributed by atoms with Gasteiger partial charge in [-0.2, -0.15) is 9.64 Å². The van der Waals surface area contributed by atoms with Crippen molar-refractivity contribution in [3.05, 3.63) is 52.3 Å². The van der Waals surface area contributed by atoms with Crippen molar-refractivity contribution in [3.8, 4) is 6.07 Å². The number of amides is 1. The predicted octanol–water partition coefficient (Wildman–Crippen LogP) is 3.76. The maximum absolute atomic E-state index is 13.1. The van der Waals surface area contributed by atoms with Gasteiger partial charge in [-0.25, -0.2) is 0 Å². The lowest BCUT2D eigenvalue weighted by molar-refractivity contribution is 0.0995. The van der Waals surface area contributed by atoms with Crippen molar-refractivity contribution in [2.45, 2.75) is 20.8 Å². The molecule has 5 nitrogen and oxygen atoms in total. The quantitative estimate of drug-likeness (QED) is 0.714. The van der Waals surface area contributed by atoms with Gasteiger partial charge in [0.05, 0.1) is 16.8 Å². The molecule has 0 radical (unpaired) electrons. The minimum atomic E-state index is -0.170. The van der Waals surface area contributed by atoms with Crippen LogP contribution in [0.2, 0.25) is 0 Å². The summed E-state index contributed by atoms with van der Waals surface area (Å²) in [6, 6.07) is 9.79. The molecule has 1 aromatic carbocycles. The monoisotopic (exact) mass is 336 g/mol. The predicted molar refractivity (Wildman–Crippen MR) is 95.5 cm³/mol. The van der Waals surface area contributed by atoms with Crippen LogP contribution in [-0.4, -0.2) is 22.3 Å². The summed E-state index contributed by atoms with van der Waals surface area (Å²) < 4.78 is 4.19. The Balaban J connectivity index is 2.15. The topological polar surface area (TPSA) is 69.9 Å². The van der Waals surface area contributed by atoms with Crippen LogP contribution in [0.4, 0.5) is 5.00 Å². The van der Waals surface area contributed by atoms with Gasteiger partial charge in [0, 0.05) is 18.1 Å². The summed E-state index contributed by atoms with van der Waals surface area (Å²) in [5, 5.41) is 10.7. The zero-order valence-electron chi connectivity index (χ0n) is 13.9. The largest absolute Gasteiger partial charge is 0.300 e. The molecule has 0 fully saturated rings. The van der Waals surface area contributed by atoms with Gasteiger partial charge in [0.2, 0.25) is 0 Å². The number of nitriles is 1. The van der Waals surface area contributed by atoms with E-state index in [0.29, 0.717) is 21.8 Å². The Kier molecular flexibility index (Phi) is 4.04. The van der Waals surface area contributed by atoms with Gasteiger partial charge in [-0.1, -0.05) is 11.6 Å². The second-order valence-electron chi connectivity index (χ2n) is 5.76. The number of aryl methyl sites for hydroxylation is 3. The highest BCUT2D eigenvalue weighted by Gasteiger charge is 2.22. The Hall–Kier alpha value is -2.78. The Bertz CT molecular complexity index is 1000. The van der Waals surface area contributed by atoms with E-state index in [2.05, 4.69) is 15.4 Å². The molecule has 0 atom stereocenters. The molecule has 0 bridgehead atoms. The number of anilines is 1. The lowest BCUT2D eigenvalue weighted by Gasteiger charge is -2.17. The number of carbonyl (C=O) groups excluding carboxylic acids is 1. The first-order chi connectivity index (χ1) is 11.4. The normalized spacial score (nSPS) is 10.6. The fraction of sp³-hybridized carbons (Fsp3) is 0.222. The molecule has 0 saturated heterocycles. The van der Waals surface area contributed by atoms with Crippen molar-refractivity contribution in [2.24, 2.45) is 0 Å². The third-order valence-electron chi connectivity index (χ3n) is 3.89. The fourth-order valence-corrected chi connectivity index (χ4v) is 3.44. The van der Waals surface area contributed by atoms with E-state index in [0.717, 1.165) is 33.7 Å². The summed E-state index contributed by atoms with van der Waals surface area (Å²) in [4.78, 5) is 19.1. The van der Waals surface area contributed by atoms with Crippen molar-refractivity contribution in [2.75, 3.05) is 11.9 Å². The van der Waals surface area contributed by atoms with Crippen molar-refractivity contribution in [1.29, 1.82) is 5.26 Å². The van der Waals surface area contributed by atoms with Gasteiger partial charge in [-0.15, -0.1) is 0 Å². The minimum Gasteiger partial charge on any atom is -0.300 e. The van der Waals surface area contributed by atoms with Crippen molar-refractivity contribution in [3.63, 3.8) is 0 Å². The second-order valence-corrected chi connectivity index (χ2v) is 6.51. The van der Waals surface area contributed by atoms with Crippen LogP contribution in [0.1, 0.15) is 32.9 Å².